The van der Waals surface area contributed by atoms with Crippen LogP contribution in [0.15, 0.2) is 41.2 Å². The topological polar surface area (TPSA) is 74.4 Å². The van der Waals surface area contributed by atoms with Gasteiger partial charge in [0.1, 0.15) is 17.3 Å². The molecule has 0 amide bonds. The van der Waals surface area contributed by atoms with Crippen LogP contribution >= 0.6 is 0 Å². The number of benzene rings is 1. The summed E-state index contributed by atoms with van der Waals surface area (Å²) in [5.41, 5.74) is 2.37. The molecule has 3 atom stereocenters. The van der Waals surface area contributed by atoms with E-state index in [1.54, 1.807) is 19.2 Å². The monoisotopic (exact) mass is 503 g/mol. The Morgan fingerprint density at radius 2 is 1.86 bits per heavy atom. The lowest BCUT2D eigenvalue weighted by Crippen LogP contribution is -2.57. The number of ether oxygens (including phenoxy) is 1. The van der Waals surface area contributed by atoms with Crippen LogP contribution in [-0.4, -0.2) is 46.0 Å². The van der Waals surface area contributed by atoms with Gasteiger partial charge in [0.15, 0.2) is 11.6 Å². The molecular formula is C25H25F4N5O2. The first kappa shape index (κ1) is 25.4. The molecule has 0 aliphatic carbocycles. The molecule has 1 aliphatic rings. The van der Waals surface area contributed by atoms with E-state index in [0.29, 0.717) is 35.4 Å². The van der Waals surface area contributed by atoms with Crippen LogP contribution in [0.5, 0.6) is 5.75 Å². The Morgan fingerprint density at radius 3 is 2.50 bits per heavy atom. The van der Waals surface area contributed by atoms with Crippen molar-refractivity contribution >= 4 is 16.7 Å². The smallest absolute Gasteiger partial charge is 0.403 e. The number of nitrogens with zero attached hydrogens (tertiary/aromatic N) is 5. The molecule has 3 heterocycles. The fraction of sp³-hybridized carbons (Fsp3) is 0.400. The number of aromatic nitrogens is 2. The summed E-state index contributed by atoms with van der Waals surface area (Å²) in [5.74, 6) is -1.95. The number of aryl methyl sites for hydroxylation is 1. The van der Waals surface area contributed by atoms with Crippen molar-refractivity contribution < 1.29 is 22.3 Å². The molecule has 1 fully saturated rings. The lowest BCUT2D eigenvalue weighted by Gasteiger charge is -2.47. The van der Waals surface area contributed by atoms with Crippen molar-refractivity contribution in [3.8, 4) is 11.8 Å². The molecule has 3 aromatic rings. The molecule has 1 aromatic carbocycles. The largest absolute Gasteiger partial charge is 0.573 e. The van der Waals surface area contributed by atoms with Gasteiger partial charge in [-0.1, -0.05) is 6.07 Å². The summed E-state index contributed by atoms with van der Waals surface area (Å²) in [5, 5.41) is 9.32. The number of anilines is 1. The molecule has 2 aromatic heterocycles. The summed E-state index contributed by atoms with van der Waals surface area (Å²) in [6.07, 6.45) is -4.97. The normalized spacial score (nSPS) is 19.8. The van der Waals surface area contributed by atoms with Gasteiger partial charge >= 0.3 is 6.36 Å². The fourth-order valence-electron chi connectivity index (χ4n) is 4.80. The van der Waals surface area contributed by atoms with Gasteiger partial charge < -0.3 is 14.2 Å². The van der Waals surface area contributed by atoms with Crippen LogP contribution in [0.1, 0.15) is 38.1 Å². The molecule has 0 spiro atoms. The number of pyridine rings is 2. The van der Waals surface area contributed by atoms with Crippen molar-refractivity contribution in [2.24, 2.45) is 7.05 Å². The van der Waals surface area contributed by atoms with Gasteiger partial charge in [0.05, 0.1) is 11.2 Å². The van der Waals surface area contributed by atoms with Gasteiger partial charge in [-0.2, -0.15) is 5.26 Å². The first-order chi connectivity index (χ1) is 16.9. The Kier molecular flexibility index (Phi) is 6.66. The summed E-state index contributed by atoms with van der Waals surface area (Å²) < 4.78 is 57.0. The predicted molar refractivity (Wildman–Crippen MR) is 126 cm³/mol. The highest BCUT2D eigenvalue weighted by atomic mass is 19.4. The lowest BCUT2D eigenvalue weighted by molar-refractivity contribution is -0.275. The molecule has 0 radical (unpaired) electrons. The maximum Gasteiger partial charge on any atom is 0.573 e. The van der Waals surface area contributed by atoms with Crippen molar-refractivity contribution in [1.29, 1.82) is 5.26 Å². The van der Waals surface area contributed by atoms with E-state index in [4.69, 9.17) is 0 Å². The van der Waals surface area contributed by atoms with E-state index < -0.39 is 17.9 Å². The minimum Gasteiger partial charge on any atom is -0.403 e. The van der Waals surface area contributed by atoms with E-state index in [9.17, 15) is 27.6 Å². The van der Waals surface area contributed by atoms with Gasteiger partial charge in [-0.25, -0.2) is 9.37 Å². The highest BCUT2D eigenvalue weighted by Crippen LogP contribution is 2.34. The zero-order chi connectivity index (χ0) is 26.4. The third-order valence-corrected chi connectivity index (χ3v) is 6.69. The molecule has 4 rings (SSSR count). The summed E-state index contributed by atoms with van der Waals surface area (Å²) in [4.78, 5) is 21.3. The third kappa shape index (κ3) is 4.86. The fourth-order valence-corrected chi connectivity index (χ4v) is 4.80. The number of nitriles is 1. The summed E-state index contributed by atoms with van der Waals surface area (Å²) in [6.45, 7) is 6.91. The molecule has 1 aliphatic heterocycles. The summed E-state index contributed by atoms with van der Waals surface area (Å²) in [6, 6.07) is 9.90. The summed E-state index contributed by atoms with van der Waals surface area (Å²) >= 11 is 0. The van der Waals surface area contributed by atoms with Gasteiger partial charge in [0.25, 0.3) is 5.56 Å². The number of halogens is 4. The van der Waals surface area contributed by atoms with Crippen LogP contribution in [0.3, 0.4) is 0 Å². The van der Waals surface area contributed by atoms with Crippen LogP contribution < -0.4 is 15.2 Å². The SMILES string of the molecule is CC(c1ccc(OC(F)(F)F)c(F)c1)N1C[C@H](C)N(c2cc(=O)n(C)c3ccc(C#N)nc23)C[C@H]1C. The predicted octanol–water partition coefficient (Wildman–Crippen LogP) is 4.50. The highest BCUT2D eigenvalue weighted by Gasteiger charge is 2.35. The lowest BCUT2D eigenvalue weighted by atomic mass is 10.00. The van der Waals surface area contributed by atoms with Gasteiger partial charge in [-0.3, -0.25) is 9.69 Å². The van der Waals surface area contributed by atoms with Crippen LogP contribution in [0, 0.1) is 17.1 Å². The second kappa shape index (κ2) is 9.43. The maximum atomic E-state index is 14.3. The number of hydrogen-bond donors (Lipinski definition) is 0. The van der Waals surface area contributed by atoms with Gasteiger partial charge in [0, 0.05) is 44.3 Å². The molecule has 0 saturated carbocycles. The first-order valence-corrected chi connectivity index (χ1v) is 11.4. The molecule has 1 unspecified atom stereocenters. The molecule has 7 nitrogen and oxygen atoms in total. The van der Waals surface area contributed by atoms with Gasteiger partial charge in [0.2, 0.25) is 0 Å². The number of fused-ring (bicyclic) bond motifs is 1. The standard InChI is InChI=1S/C25H25F4N5O2/c1-14-13-34(21-10-23(35)32(4)20-7-6-18(11-30)31-24(20)21)15(2)12-33(14)16(3)17-5-8-22(19(26)9-17)36-25(27,28)29/h5-10,14-16H,12-13H2,1-4H3/t14-,15+,16?/m1/s1. The van der Waals surface area contributed by atoms with Crippen molar-refractivity contribution in [2.75, 3.05) is 18.0 Å². The van der Waals surface area contributed by atoms with E-state index in [0.717, 1.165) is 12.1 Å². The molecular weight excluding hydrogens is 478 g/mol. The highest BCUT2D eigenvalue weighted by molar-refractivity contribution is 5.89. The quantitative estimate of drug-likeness (QED) is 0.488. The minimum atomic E-state index is -4.97. The molecule has 190 valence electrons. The third-order valence-electron chi connectivity index (χ3n) is 6.69. The van der Waals surface area contributed by atoms with E-state index in [-0.39, 0.29) is 29.4 Å². The molecule has 0 N–H and O–H groups in total. The van der Waals surface area contributed by atoms with Gasteiger partial charge in [-0.05, 0) is 50.6 Å². The molecule has 0 bridgehead atoms. The van der Waals surface area contributed by atoms with Crippen molar-refractivity contribution in [3.05, 3.63) is 63.8 Å². The maximum absolute atomic E-state index is 14.3. The Labute approximate surface area is 205 Å². The van der Waals surface area contributed by atoms with Crippen molar-refractivity contribution in [2.45, 2.75) is 45.3 Å². The zero-order valence-corrected chi connectivity index (χ0v) is 20.2. The second-order valence-electron chi connectivity index (χ2n) is 9.06. The number of piperazine rings is 1. The minimum absolute atomic E-state index is 0.0522. The number of rotatable bonds is 4. The van der Waals surface area contributed by atoms with Gasteiger partial charge in [-0.15, -0.1) is 13.2 Å². The summed E-state index contributed by atoms with van der Waals surface area (Å²) in [7, 11) is 1.65. The van der Waals surface area contributed by atoms with Crippen LogP contribution in [-0.2, 0) is 7.05 Å². The van der Waals surface area contributed by atoms with Crippen molar-refractivity contribution in [3.63, 3.8) is 0 Å². The Bertz CT molecular complexity index is 1400. The van der Waals surface area contributed by atoms with E-state index >= 15 is 0 Å². The number of alkyl halides is 3. The average molecular weight is 504 g/mol. The Balaban J connectivity index is 1.62. The first-order valence-electron chi connectivity index (χ1n) is 11.4. The van der Waals surface area contributed by atoms with Crippen LogP contribution in [0.25, 0.3) is 11.0 Å². The number of hydrogen-bond acceptors (Lipinski definition) is 6. The van der Waals surface area contributed by atoms with E-state index in [2.05, 4.69) is 19.5 Å². The average Bonchev–Trinajstić information content (AvgIpc) is 2.82. The molecule has 11 heteroatoms. The zero-order valence-electron chi connectivity index (χ0n) is 20.2. The van der Waals surface area contributed by atoms with Crippen LogP contribution in [0.4, 0.5) is 23.2 Å². The second-order valence-corrected chi connectivity index (χ2v) is 9.06. The van der Waals surface area contributed by atoms with Crippen LogP contribution in [0.2, 0.25) is 0 Å². The van der Waals surface area contributed by atoms with E-state index in [1.807, 2.05) is 26.8 Å². The van der Waals surface area contributed by atoms with Crippen molar-refractivity contribution in [1.82, 2.24) is 14.5 Å². The van der Waals surface area contributed by atoms with E-state index in [1.165, 1.54) is 16.7 Å². The Hall–Kier alpha value is -3.65. The Morgan fingerprint density at radius 1 is 1.14 bits per heavy atom. The molecule has 36 heavy (non-hydrogen) atoms. The molecule has 1 saturated heterocycles.